The van der Waals surface area contributed by atoms with Gasteiger partial charge in [-0.25, -0.2) is 4.39 Å². The number of halogens is 1. The molecule has 3 nitrogen and oxygen atoms in total. The predicted octanol–water partition coefficient (Wildman–Crippen LogP) is 1.03. The number of alkyl halides is 1. The highest BCUT2D eigenvalue weighted by Gasteiger charge is 2.17. The average molecular weight is 206 g/mol. The lowest BCUT2D eigenvalue weighted by molar-refractivity contribution is -0.890. The van der Waals surface area contributed by atoms with Crippen molar-refractivity contribution in [2.45, 2.75) is 19.4 Å². The fraction of sp³-hybridized carbons (Fsp3) is 0.900. The van der Waals surface area contributed by atoms with Gasteiger partial charge in [0.05, 0.1) is 20.6 Å². The smallest absolute Gasteiger partial charge is 0.148 e. The fourth-order valence-electron chi connectivity index (χ4n) is 1.22. The molecule has 0 spiro atoms. The molecule has 0 rings (SSSR count). The number of hydrogen-bond donors (Lipinski definition) is 0. The van der Waals surface area contributed by atoms with Crippen LogP contribution >= 0.6 is 0 Å². The molecule has 0 bridgehead atoms. The molecule has 0 aromatic heterocycles. The Balaban J connectivity index is 3.82. The molecule has 1 unspecified atom stereocenters. The van der Waals surface area contributed by atoms with Gasteiger partial charge in [0.15, 0.2) is 0 Å². The first-order valence-electron chi connectivity index (χ1n) is 5.00. The number of rotatable bonds is 8. The van der Waals surface area contributed by atoms with Gasteiger partial charge in [0.2, 0.25) is 0 Å². The third-order valence-corrected chi connectivity index (χ3v) is 2.24. The van der Waals surface area contributed by atoms with Crippen LogP contribution in [0.1, 0.15) is 13.3 Å². The minimum Gasteiger partial charge on any atom is -0.371 e. The van der Waals surface area contributed by atoms with E-state index in [1.807, 2.05) is 21.0 Å². The molecule has 4 heteroatoms. The molecule has 14 heavy (non-hydrogen) atoms. The molecule has 84 valence electrons. The standard InChI is InChI=1S/C10H21FNO2/c1-4-14-10(9-13)5-7-12(2,3)8-6-11/h9-10H,4-8H2,1-3H3/q+1. The zero-order valence-electron chi connectivity index (χ0n) is 9.33. The Morgan fingerprint density at radius 1 is 1.43 bits per heavy atom. The van der Waals surface area contributed by atoms with Gasteiger partial charge in [-0.15, -0.1) is 0 Å². The van der Waals surface area contributed by atoms with E-state index in [2.05, 4.69) is 0 Å². The van der Waals surface area contributed by atoms with Crippen molar-refractivity contribution in [2.24, 2.45) is 0 Å². The zero-order chi connectivity index (χ0) is 11.0. The SMILES string of the molecule is CCOC(C=O)CC[N+](C)(C)CCF. The highest BCUT2D eigenvalue weighted by molar-refractivity contribution is 5.55. The van der Waals surface area contributed by atoms with Crippen molar-refractivity contribution >= 4 is 6.29 Å². The average Bonchev–Trinajstić information content (AvgIpc) is 2.12. The van der Waals surface area contributed by atoms with E-state index in [9.17, 15) is 9.18 Å². The Labute approximate surface area is 85.4 Å². The summed E-state index contributed by atoms with van der Waals surface area (Å²) >= 11 is 0. The van der Waals surface area contributed by atoms with Gasteiger partial charge in [0.25, 0.3) is 0 Å². The second-order valence-electron chi connectivity index (χ2n) is 3.99. The van der Waals surface area contributed by atoms with Crippen LogP contribution in [0.15, 0.2) is 0 Å². The summed E-state index contributed by atoms with van der Waals surface area (Å²) in [6.07, 6.45) is 1.14. The molecule has 0 aliphatic rings. The highest BCUT2D eigenvalue weighted by atomic mass is 19.1. The van der Waals surface area contributed by atoms with E-state index in [0.717, 1.165) is 12.8 Å². The minimum absolute atomic E-state index is 0.326. The quantitative estimate of drug-likeness (QED) is 0.438. The number of quaternary nitrogens is 1. The van der Waals surface area contributed by atoms with Crippen LogP contribution in [-0.2, 0) is 9.53 Å². The maximum Gasteiger partial charge on any atom is 0.148 e. The second kappa shape index (κ2) is 6.90. The molecular weight excluding hydrogens is 185 g/mol. The second-order valence-corrected chi connectivity index (χ2v) is 3.99. The molecule has 0 aromatic carbocycles. The Hall–Kier alpha value is -0.480. The molecular formula is C10H21FNO2+. The Morgan fingerprint density at radius 2 is 2.07 bits per heavy atom. The number of carbonyl (C=O) groups is 1. The van der Waals surface area contributed by atoms with E-state index < -0.39 is 0 Å². The molecule has 0 heterocycles. The largest absolute Gasteiger partial charge is 0.371 e. The van der Waals surface area contributed by atoms with Gasteiger partial charge in [-0.05, 0) is 6.92 Å². The summed E-state index contributed by atoms with van der Waals surface area (Å²) < 4.78 is 17.9. The van der Waals surface area contributed by atoms with Crippen molar-refractivity contribution in [3.05, 3.63) is 0 Å². The summed E-state index contributed by atoms with van der Waals surface area (Å²) in [5, 5.41) is 0. The predicted molar refractivity (Wildman–Crippen MR) is 53.9 cm³/mol. The molecule has 0 aliphatic heterocycles. The van der Waals surface area contributed by atoms with Gasteiger partial charge in [-0.1, -0.05) is 0 Å². The summed E-state index contributed by atoms with van der Waals surface area (Å²) in [5.41, 5.74) is 0. The normalized spacial score (nSPS) is 14.0. The van der Waals surface area contributed by atoms with Gasteiger partial charge >= 0.3 is 0 Å². The number of aldehydes is 1. The number of ether oxygens (including phenoxy) is 1. The van der Waals surface area contributed by atoms with E-state index in [-0.39, 0.29) is 12.8 Å². The van der Waals surface area contributed by atoms with Crippen molar-refractivity contribution in [3.8, 4) is 0 Å². The first-order chi connectivity index (χ1) is 6.55. The van der Waals surface area contributed by atoms with Crippen LogP contribution in [0.5, 0.6) is 0 Å². The molecule has 0 saturated heterocycles. The van der Waals surface area contributed by atoms with Crippen LogP contribution in [0.2, 0.25) is 0 Å². The van der Waals surface area contributed by atoms with Crippen LogP contribution in [0.4, 0.5) is 4.39 Å². The molecule has 0 amide bonds. The van der Waals surface area contributed by atoms with Gasteiger partial charge < -0.3 is 14.0 Å². The molecule has 0 fully saturated rings. The summed E-state index contributed by atoms with van der Waals surface area (Å²) in [6, 6.07) is 0. The molecule has 0 aromatic rings. The van der Waals surface area contributed by atoms with Crippen LogP contribution in [-0.4, -0.2) is 57.3 Å². The minimum atomic E-state index is -0.336. The maximum absolute atomic E-state index is 12.1. The number of carbonyl (C=O) groups excluding carboxylic acids is 1. The summed E-state index contributed by atoms with van der Waals surface area (Å²) in [6.45, 7) is 3.32. The fourth-order valence-corrected chi connectivity index (χ4v) is 1.22. The van der Waals surface area contributed by atoms with Crippen LogP contribution in [0.3, 0.4) is 0 Å². The number of nitrogens with zero attached hydrogens (tertiary/aromatic N) is 1. The topological polar surface area (TPSA) is 26.3 Å². The molecule has 0 N–H and O–H groups in total. The van der Waals surface area contributed by atoms with Gasteiger partial charge in [0.1, 0.15) is 25.6 Å². The Kier molecular flexibility index (Phi) is 6.66. The maximum atomic E-state index is 12.1. The van der Waals surface area contributed by atoms with E-state index in [1.165, 1.54) is 0 Å². The Morgan fingerprint density at radius 3 is 2.50 bits per heavy atom. The first kappa shape index (κ1) is 13.5. The lowest BCUT2D eigenvalue weighted by Gasteiger charge is -2.29. The monoisotopic (exact) mass is 206 g/mol. The van der Waals surface area contributed by atoms with Crippen molar-refractivity contribution in [1.29, 1.82) is 0 Å². The number of hydrogen-bond acceptors (Lipinski definition) is 2. The van der Waals surface area contributed by atoms with E-state index in [1.54, 1.807) is 0 Å². The van der Waals surface area contributed by atoms with Gasteiger partial charge in [0, 0.05) is 13.0 Å². The van der Waals surface area contributed by atoms with E-state index in [0.29, 0.717) is 24.1 Å². The summed E-state index contributed by atoms with van der Waals surface area (Å²) in [7, 11) is 3.90. The lowest BCUT2D eigenvalue weighted by Crippen LogP contribution is -2.43. The van der Waals surface area contributed by atoms with Crippen molar-refractivity contribution in [2.75, 3.05) is 40.5 Å². The van der Waals surface area contributed by atoms with Crippen molar-refractivity contribution in [3.63, 3.8) is 0 Å². The molecule has 1 atom stereocenters. The van der Waals surface area contributed by atoms with E-state index in [4.69, 9.17) is 4.74 Å². The van der Waals surface area contributed by atoms with Crippen molar-refractivity contribution < 1.29 is 18.4 Å². The van der Waals surface area contributed by atoms with Crippen LogP contribution < -0.4 is 0 Å². The van der Waals surface area contributed by atoms with Crippen LogP contribution in [0.25, 0.3) is 0 Å². The first-order valence-corrected chi connectivity index (χ1v) is 5.00. The molecule has 0 aliphatic carbocycles. The Bertz CT molecular complexity index is 162. The highest BCUT2D eigenvalue weighted by Crippen LogP contribution is 2.03. The lowest BCUT2D eigenvalue weighted by atomic mass is 10.2. The van der Waals surface area contributed by atoms with Crippen molar-refractivity contribution in [1.82, 2.24) is 0 Å². The zero-order valence-corrected chi connectivity index (χ0v) is 9.33. The summed E-state index contributed by atoms with van der Waals surface area (Å²) in [4.78, 5) is 10.6. The van der Waals surface area contributed by atoms with E-state index >= 15 is 0 Å². The third-order valence-electron chi connectivity index (χ3n) is 2.24. The summed E-state index contributed by atoms with van der Waals surface area (Å²) in [5.74, 6) is 0. The van der Waals surface area contributed by atoms with Gasteiger partial charge in [-0.2, -0.15) is 0 Å². The van der Waals surface area contributed by atoms with Gasteiger partial charge in [-0.3, -0.25) is 0 Å². The molecule has 0 saturated carbocycles. The van der Waals surface area contributed by atoms with Crippen LogP contribution in [0, 0.1) is 0 Å². The third kappa shape index (κ3) is 6.05. The molecule has 0 radical (unpaired) electrons.